The minimum Gasteiger partial charge on any atom is -0.383 e. The van der Waals surface area contributed by atoms with Crippen LogP contribution in [0.25, 0.3) is 11.4 Å². The Morgan fingerprint density at radius 1 is 1.35 bits per heavy atom. The fourth-order valence-corrected chi connectivity index (χ4v) is 1.70. The van der Waals surface area contributed by atoms with Crippen LogP contribution in [0.2, 0.25) is 0 Å². The first-order valence-electron chi connectivity index (χ1n) is 5.35. The van der Waals surface area contributed by atoms with Crippen molar-refractivity contribution in [3.8, 4) is 11.4 Å². The first-order chi connectivity index (χ1) is 8.20. The van der Waals surface area contributed by atoms with E-state index in [-0.39, 0.29) is 5.82 Å². The molecule has 0 bridgehead atoms. The van der Waals surface area contributed by atoms with E-state index in [9.17, 15) is 4.39 Å². The third kappa shape index (κ3) is 2.68. The van der Waals surface area contributed by atoms with Gasteiger partial charge in [0, 0.05) is 19.2 Å². The van der Waals surface area contributed by atoms with Crippen LogP contribution in [0.5, 0.6) is 0 Å². The van der Waals surface area contributed by atoms with Gasteiger partial charge in [0.25, 0.3) is 0 Å². The van der Waals surface area contributed by atoms with E-state index in [0.717, 1.165) is 11.1 Å². The third-order valence-electron chi connectivity index (χ3n) is 2.45. The highest BCUT2D eigenvalue weighted by atomic mass is 19.1. The van der Waals surface area contributed by atoms with Crippen molar-refractivity contribution in [1.29, 1.82) is 0 Å². The van der Waals surface area contributed by atoms with Crippen LogP contribution in [-0.2, 0) is 11.3 Å². The van der Waals surface area contributed by atoms with E-state index in [1.807, 2.05) is 17.6 Å². The highest BCUT2D eigenvalue weighted by Crippen LogP contribution is 2.19. The largest absolute Gasteiger partial charge is 0.383 e. The van der Waals surface area contributed by atoms with Crippen LogP contribution in [0.3, 0.4) is 0 Å². The van der Waals surface area contributed by atoms with Crippen LogP contribution in [0, 0.1) is 12.7 Å². The van der Waals surface area contributed by atoms with Gasteiger partial charge in [-0.2, -0.15) is 0 Å². The van der Waals surface area contributed by atoms with Crippen LogP contribution in [0.4, 0.5) is 4.39 Å². The zero-order chi connectivity index (χ0) is 12.3. The van der Waals surface area contributed by atoms with E-state index in [1.165, 1.54) is 12.1 Å². The number of rotatable bonds is 4. The van der Waals surface area contributed by atoms with E-state index in [2.05, 4.69) is 10.2 Å². The van der Waals surface area contributed by atoms with E-state index < -0.39 is 0 Å². The lowest BCUT2D eigenvalue weighted by atomic mass is 10.1. The predicted molar refractivity (Wildman–Crippen MR) is 62.0 cm³/mol. The lowest BCUT2D eigenvalue weighted by Gasteiger charge is -2.06. The summed E-state index contributed by atoms with van der Waals surface area (Å²) < 4.78 is 20.2. The molecule has 2 rings (SSSR count). The number of aryl methyl sites for hydroxylation is 1. The molecule has 0 aliphatic carbocycles. The number of methoxy groups -OCH3 is 1. The highest BCUT2D eigenvalue weighted by Gasteiger charge is 2.08. The summed E-state index contributed by atoms with van der Waals surface area (Å²) in [6.45, 7) is 3.07. The smallest absolute Gasteiger partial charge is 0.163 e. The van der Waals surface area contributed by atoms with Gasteiger partial charge in [-0.1, -0.05) is 0 Å². The normalized spacial score (nSPS) is 10.8. The second kappa shape index (κ2) is 5.05. The number of benzene rings is 1. The zero-order valence-corrected chi connectivity index (χ0v) is 9.85. The highest BCUT2D eigenvalue weighted by molar-refractivity contribution is 5.56. The average molecular weight is 235 g/mol. The molecule has 90 valence electrons. The Hall–Kier alpha value is -1.75. The van der Waals surface area contributed by atoms with Crippen molar-refractivity contribution in [1.82, 2.24) is 14.8 Å². The molecule has 0 aliphatic heterocycles. The summed E-state index contributed by atoms with van der Waals surface area (Å²) in [5, 5.41) is 7.86. The predicted octanol–water partition coefficient (Wildman–Crippen LogP) is 2.04. The van der Waals surface area contributed by atoms with Crippen molar-refractivity contribution in [2.45, 2.75) is 13.5 Å². The van der Waals surface area contributed by atoms with Gasteiger partial charge in [0.05, 0.1) is 6.61 Å². The maximum atomic E-state index is 13.3. The summed E-state index contributed by atoms with van der Waals surface area (Å²) in [6, 6.07) is 4.83. The number of ether oxygens (including phenoxy) is 1. The molecule has 0 saturated heterocycles. The Morgan fingerprint density at radius 2 is 2.18 bits per heavy atom. The van der Waals surface area contributed by atoms with Crippen molar-refractivity contribution >= 4 is 0 Å². The maximum Gasteiger partial charge on any atom is 0.163 e. The Labute approximate surface area is 99.1 Å². The van der Waals surface area contributed by atoms with Gasteiger partial charge in [0.2, 0.25) is 0 Å². The summed E-state index contributed by atoms with van der Waals surface area (Å²) >= 11 is 0. The Morgan fingerprint density at radius 3 is 2.88 bits per heavy atom. The molecule has 17 heavy (non-hydrogen) atoms. The molecule has 1 heterocycles. The third-order valence-corrected chi connectivity index (χ3v) is 2.45. The van der Waals surface area contributed by atoms with Gasteiger partial charge >= 0.3 is 0 Å². The molecule has 4 nitrogen and oxygen atoms in total. The number of hydrogen-bond acceptors (Lipinski definition) is 3. The molecule has 0 amide bonds. The molecule has 0 unspecified atom stereocenters. The number of hydrogen-bond donors (Lipinski definition) is 0. The van der Waals surface area contributed by atoms with Crippen molar-refractivity contribution < 1.29 is 9.13 Å². The SMILES string of the molecule is COCCn1cnnc1-c1cc(C)cc(F)c1. The molecule has 0 fully saturated rings. The van der Waals surface area contributed by atoms with Gasteiger partial charge in [0.1, 0.15) is 12.1 Å². The van der Waals surface area contributed by atoms with Crippen LogP contribution in [-0.4, -0.2) is 28.5 Å². The Kier molecular flexibility index (Phi) is 3.49. The van der Waals surface area contributed by atoms with Gasteiger partial charge in [-0.25, -0.2) is 4.39 Å². The molecule has 0 N–H and O–H groups in total. The summed E-state index contributed by atoms with van der Waals surface area (Å²) in [4.78, 5) is 0. The van der Waals surface area contributed by atoms with Crippen LogP contribution >= 0.6 is 0 Å². The zero-order valence-electron chi connectivity index (χ0n) is 9.85. The first kappa shape index (κ1) is 11.7. The van der Waals surface area contributed by atoms with E-state index >= 15 is 0 Å². The summed E-state index contributed by atoms with van der Waals surface area (Å²) in [6.07, 6.45) is 1.62. The summed E-state index contributed by atoms with van der Waals surface area (Å²) in [5.74, 6) is 0.394. The minimum absolute atomic E-state index is 0.263. The molecule has 1 aromatic heterocycles. The molecule has 0 aliphatic rings. The minimum atomic E-state index is -0.263. The summed E-state index contributed by atoms with van der Waals surface area (Å²) in [7, 11) is 1.64. The average Bonchev–Trinajstić information content (AvgIpc) is 2.73. The second-order valence-electron chi connectivity index (χ2n) is 3.86. The molecule has 0 atom stereocenters. The monoisotopic (exact) mass is 235 g/mol. The molecule has 0 radical (unpaired) electrons. The quantitative estimate of drug-likeness (QED) is 0.814. The van der Waals surface area contributed by atoms with E-state index in [4.69, 9.17) is 4.74 Å². The maximum absolute atomic E-state index is 13.3. The molecular formula is C12H14FN3O. The molecule has 0 spiro atoms. The lowest BCUT2D eigenvalue weighted by Crippen LogP contribution is -2.05. The fraction of sp³-hybridized carbons (Fsp3) is 0.333. The van der Waals surface area contributed by atoms with Gasteiger partial charge < -0.3 is 9.30 Å². The second-order valence-corrected chi connectivity index (χ2v) is 3.86. The van der Waals surface area contributed by atoms with Crippen LogP contribution in [0.15, 0.2) is 24.5 Å². The van der Waals surface area contributed by atoms with E-state index in [0.29, 0.717) is 19.0 Å². The van der Waals surface area contributed by atoms with Crippen molar-refractivity contribution in [2.75, 3.05) is 13.7 Å². The topological polar surface area (TPSA) is 39.9 Å². The van der Waals surface area contributed by atoms with E-state index in [1.54, 1.807) is 13.4 Å². The van der Waals surface area contributed by atoms with Crippen molar-refractivity contribution in [3.63, 3.8) is 0 Å². The number of aromatic nitrogens is 3. The molecule has 0 saturated carbocycles. The van der Waals surface area contributed by atoms with Crippen molar-refractivity contribution in [2.24, 2.45) is 0 Å². The van der Waals surface area contributed by atoms with Gasteiger partial charge in [-0.05, 0) is 30.7 Å². The standard InChI is InChI=1S/C12H14FN3O/c1-9-5-10(7-11(13)6-9)12-15-14-8-16(12)3-4-17-2/h5-8H,3-4H2,1-2H3. The molecule has 5 heteroatoms. The van der Waals surface area contributed by atoms with Gasteiger partial charge in [-0.15, -0.1) is 10.2 Å². The number of halogens is 1. The first-order valence-corrected chi connectivity index (χ1v) is 5.35. The molecular weight excluding hydrogens is 221 g/mol. The Balaban J connectivity index is 2.35. The summed E-state index contributed by atoms with van der Waals surface area (Å²) in [5.41, 5.74) is 1.59. The van der Waals surface area contributed by atoms with Gasteiger partial charge in [0.15, 0.2) is 5.82 Å². The van der Waals surface area contributed by atoms with Gasteiger partial charge in [-0.3, -0.25) is 0 Å². The van der Waals surface area contributed by atoms with Crippen molar-refractivity contribution in [3.05, 3.63) is 35.9 Å². The Bertz CT molecular complexity index is 490. The number of nitrogens with zero attached hydrogens (tertiary/aromatic N) is 3. The lowest BCUT2D eigenvalue weighted by molar-refractivity contribution is 0.187. The van der Waals surface area contributed by atoms with Crippen LogP contribution in [0.1, 0.15) is 5.56 Å². The fourth-order valence-electron chi connectivity index (χ4n) is 1.70. The molecule has 1 aromatic carbocycles. The molecule has 2 aromatic rings. The van der Waals surface area contributed by atoms with Crippen LogP contribution < -0.4 is 0 Å².